The van der Waals surface area contributed by atoms with Gasteiger partial charge in [-0.05, 0) is 77.5 Å². The fourth-order valence-corrected chi connectivity index (χ4v) is 3.83. The van der Waals surface area contributed by atoms with Crippen molar-refractivity contribution in [2.75, 3.05) is 27.2 Å². The van der Waals surface area contributed by atoms with Crippen LogP contribution < -0.4 is 4.74 Å². The van der Waals surface area contributed by atoms with Gasteiger partial charge in [-0.2, -0.15) is 0 Å². The van der Waals surface area contributed by atoms with Crippen LogP contribution in [0.4, 0.5) is 0 Å². The van der Waals surface area contributed by atoms with E-state index in [1.165, 1.54) is 43.5 Å². The molecule has 0 N–H and O–H groups in total. The van der Waals surface area contributed by atoms with Crippen molar-refractivity contribution in [1.82, 2.24) is 9.80 Å². The Balaban J connectivity index is 1.62. The second-order valence-electron chi connectivity index (χ2n) is 7.81. The first kappa shape index (κ1) is 15.8. The third-order valence-electron chi connectivity index (χ3n) is 5.05. The molecule has 1 aromatic carbocycles. The highest BCUT2D eigenvalue weighted by Gasteiger charge is 2.30. The lowest BCUT2D eigenvalue weighted by molar-refractivity contribution is 0.138. The van der Waals surface area contributed by atoms with E-state index in [1.807, 2.05) is 0 Å². The van der Waals surface area contributed by atoms with Gasteiger partial charge in [0.1, 0.15) is 11.4 Å². The summed E-state index contributed by atoms with van der Waals surface area (Å²) in [6.07, 6.45) is 4.95. The van der Waals surface area contributed by atoms with Gasteiger partial charge in [0.25, 0.3) is 0 Å². The molecule has 0 bridgehead atoms. The normalized spacial score (nSPS) is 24.9. The summed E-state index contributed by atoms with van der Waals surface area (Å²) < 4.78 is 5.98. The van der Waals surface area contributed by atoms with Crippen molar-refractivity contribution in [3.8, 4) is 5.75 Å². The van der Waals surface area contributed by atoms with E-state index in [0.717, 1.165) is 24.8 Å². The molecule has 1 atom stereocenters. The summed E-state index contributed by atoms with van der Waals surface area (Å²) in [6.45, 7) is 7.85. The monoisotopic (exact) mass is 302 g/mol. The molecule has 0 spiro atoms. The molecule has 122 valence electrons. The van der Waals surface area contributed by atoms with Crippen LogP contribution in [-0.2, 0) is 13.0 Å². The molecule has 0 amide bonds. The van der Waals surface area contributed by atoms with Crippen molar-refractivity contribution in [2.24, 2.45) is 0 Å². The fourth-order valence-electron chi connectivity index (χ4n) is 3.83. The standard InChI is InChI=1S/C19H30N2O/c1-19(2)13-16-12-15(7-8-18(16)22-19)14-21-10-5-6-17(9-11-21)20(3)4/h7-8,12,17H,5-6,9-11,13-14H2,1-4H3/t17-/m0/s1. The van der Waals surface area contributed by atoms with Crippen molar-refractivity contribution < 1.29 is 4.74 Å². The Hall–Kier alpha value is -1.06. The predicted molar refractivity (Wildman–Crippen MR) is 91.5 cm³/mol. The van der Waals surface area contributed by atoms with E-state index in [-0.39, 0.29) is 5.60 Å². The lowest BCUT2D eigenvalue weighted by atomic mass is 10.00. The van der Waals surface area contributed by atoms with Crippen molar-refractivity contribution in [2.45, 2.75) is 57.7 Å². The topological polar surface area (TPSA) is 15.7 Å². The van der Waals surface area contributed by atoms with E-state index in [4.69, 9.17) is 4.74 Å². The van der Waals surface area contributed by atoms with Gasteiger partial charge >= 0.3 is 0 Å². The van der Waals surface area contributed by atoms with Crippen molar-refractivity contribution in [3.63, 3.8) is 0 Å². The Bertz CT molecular complexity index is 524. The third kappa shape index (κ3) is 3.64. The number of ether oxygens (including phenoxy) is 1. The van der Waals surface area contributed by atoms with Gasteiger partial charge in [0.05, 0.1) is 0 Å². The zero-order chi connectivity index (χ0) is 15.7. The number of likely N-dealkylation sites (tertiary alicyclic amines) is 1. The van der Waals surface area contributed by atoms with Crippen LogP contribution in [0.5, 0.6) is 5.75 Å². The summed E-state index contributed by atoms with van der Waals surface area (Å²) in [4.78, 5) is 5.00. The average molecular weight is 302 g/mol. The fraction of sp³-hybridized carbons (Fsp3) is 0.684. The molecule has 1 aromatic rings. The highest BCUT2D eigenvalue weighted by molar-refractivity contribution is 5.41. The van der Waals surface area contributed by atoms with E-state index in [2.05, 4.69) is 55.9 Å². The minimum atomic E-state index is -0.0392. The summed E-state index contributed by atoms with van der Waals surface area (Å²) in [5.74, 6) is 1.08. The summed E-state index contributed by atoms with van der Waals surface area (Å²) in [5.41, 5.74) is 2.77. The SMILES string of the molecule is CN(C)[C@H]1CCCN(Cc2ccc3c(c2)CC(C)(C)O3)CC1. The molecular formula is C19H30N2O. The molecule has 0 radical (unpaired) electrons. The number of fused-ring (bicyclic) bond motifs is 1. The maximum atomic E-state index is 5.98. The number of rotatable bonds is 3. The minimum Gasteiger partial charge on any atom is -0.487 e. The molecular weight excluding hydrogens is 272 g/mol. The van der Waals surface area contributed by atoms with Gasteiger partial charge in [-0.1, -0.05) is 12.1 Å². The summed E-state index contributed by atoms with van der Waals surface area (Å²) in [6, 6.07) is 7.52. The van der Waals surface area contributed by atoms with Crippen molar-refractivity contribution >= 4 is 0 Å². The van der Waals surface area contributed by atoms with E-state index in [9.17, 15) is 0 Å². The van der Waals surface area contributed by atoms with Gasteiger partial charge < -0.3 is 9.64 Å². The van der Waals surface area contributed by atoms with Gasteiger partial charge in [-0.15, -0.1) is 0 Å². The van der Waals surface area contributed by atoms with E-state index < -0.39 is 0 Å². The van der Waals surface area contributed by atoms with Crippen LogP contribution in [0.15, 0.2) is 18.2 Å². The van der Waals surface area contributed by atoms with Crippen LogP contribution in [0.3, 0.4) is 0 Å². The van der Waals surface area contributed by atoms with E-state index in [0.29, 0.717) is 0 Å². The second-order valence-corrected chi connectivity index (χ2v) is 7.81. The lowest BCUT2D eigenvalue weighted by Crippen LogP contribution is -2.29. The number of nitrogens with zero attached hydrogens (tertiary/aromatic N) is 2. The van der Waals surface area contributed by atoms with Crippen LogP contribution in [-0.4, -0.2) is 48.6 Å². The smallest absolute Gasteiger partial charge is 0.123 e. The Morgan fingerprint density at radius 1 is 1.23 bits per heavy atom. The zero-order valence-corrected chi connectivity index (χ0v) is 14.6. The van der Waals surface area contributed by atoms with Crippen LogP contribution >= 0.6 is 0 Å². The molecule has 1 saturated heterocycles. The summed E-state index contributed by atoms with van der Waals surface area (Å²) in [5, 5.41) is 0. The van der Waals surface area contributed by atoms with E-state index in [1.54, 1.807) is 0 Å². The molecule has 0 aliphatic carbocycles. The molecule has 3 rings (SSSR count). The Morgan fingerprint density at radius 2 is 2.05 bits per heavy atom. The average Bonchev–Trinajstić information content (AvgIpc) is 2.60. The molecule has 3 nitrogen and oxygen atoms in total. The molecule has 2 aliphatic rings. The number of hydrogen-bond acceptors (Lipinski definition) is 3. The van der Waals surface area contributed by atoms with Crippen LogP contribution in [0.1, 0.15) is 44.2 Å². The molecule has 0 saturated carbocycles. The van der Waals surface area contributed by atoms with Crippen molar-refractivity contribution in [1.29, 1.82) is 0 Å². The van der Waals surface area contributed by atoms with Gasteiger partial charge in [0.15, 0.2) is 0 Å². The predicted octanol–water partition coefficient (Wildman–Crippen LogP) is 3.32. The maximum absolute atomic E-state index is 5.98. The van der Waals surface area contributed by atoms with Gasteiger partial charge in [-0.25, -0.2) is 0 Å². The Labute approximate surface area is 135 Å². The first-order valence-corrected chi connectivity index (χ1v) is 8.62. The molecule has 1 fully saturated rings. The second kappa shape index (κ2) is 6.21. The van der Waals surface area contributed by atoms with Gasteiger partial charge in [-0.3, -0.25) is 4.90 Å². The Kier molecular flexibility index (Phi) is 4.47. The number of hydrogen-bond donors (Lipinski definition) is 0. The van der Waals surface area contributed by atoms with Crippen LogP contribution in [0.25, 0.3) is 0 Å². The van der Waals surface area contributed by atoms with Gasteiger partial charge in [0, 0.05) is 19.0 Å². The first-order chi connectivity index (χ1) is 10.4. The minimum absolute atomic E-state index is 0.0392. The molecule has 0 aromatic heterocycles. The van der Waals surface area contributed by atoms with Crippen LogP contribution in [0, 0.1) is 0 Å². The molecule has 3 heteroatoms. The molecule has 22 heavy (non-hydrogen) atoms. The third-order valence-corrected chi connectivity index (χ3v) is 5.05. The van der Waals surface area contributed by atoms with Crippen LogP contribution in [0.2, 0.25) is 0 Å². The number of benzene rings is 1. The molecule has 2 aliphatic heterocycles. The quantitative estimate of drug-likeness (QED) is 0.852. The zero-order valence-electron chi connectivity index (χ0n) is 14.6. The molecule has 0 unspecified atom stereocenters. The summed E-state index contributed by atoms with van der Waals surface area (Å²) in [7, 11) is 4.42. The highest BCUT2D eigenvalue weighted by Crippen LogP contribution is 2.35. The molecule has 2 heterocycles. The summed E-state index contributed by atoms with van der Waals surface area (Å²) >= 11 is 0. The van der Waals surface area contributed by atoms with E-state index >= 15 is 0 Å². The Morgan fingerprint density at radius 3 is 2.82 bits per heavy atom. The maximum Gasteiger partial charge on any atom is 0.123 e. The van der Waals surface area contributed by atoms with Gasteiger partial charge in [0.2, 0.25) is 0 Å². The largest absolute Gasteiger partial charge is 0.487 e. The lowest BCUT2D eigenvalue weighted by Gasteiger charge is -2.23. The highest BCUT2D eigenvalue weighted by atomic mass is 16.5. The van der Waals surface area contributed by atoms with Crippen molar-refractivity contribution in [3.05, 3.63) is 29.3 Å². The first-order valence-electron chi connectivity index (χ1n) is 8.62.